The summed E-state index contributed by atoms with van der Waals surface area (Å²) in [4.78, 5) is 23.5. The SMILES string of the molecule is COC(=O)c1nn(-c2cc(OC)ccc2Cl)cc(C)c1=O. The summed E-state index contributed by atoms with van der Waals surface area (Å²) >= 11 is 6.13. The van der Waals surface area contributed by atoms with Gasteiger partial charge in [0.05, 0.1) is 24.9 Å². The van der Waals surface area contributed by atoms with Gasteiger partial charge < -0.3 is 9.47 Å². The van der Waals surface area contributed by atoms with Gasteiger partial charge in [0.2, 0.25) is 11.1 Å². The lowest BCUT2D eigenvalue weighted by Gasteiger charge is -2.11. The fourth-order valence-electron chi connectivity index (χ4n) is 1.76. The lowest BCUT2D eigenvalue weighted by Crippen LogP contribution is -2.24. The van der Waals surface area contributed by atoms with Crippen molar-refractivity contribution in [3.8, 4) is 11.4 Å². The topological polar surface area (TPSA) is 70.4 Å². The molecule has 0 fully saturated rings. The first kappa shape index (κ1) is 15.1. The van der Waals surface area contributed by atoms with Gasteiger partial charge in [-0.05, 0) is 19.1 Å². The molecule has 0 aliphatic carbocycles. The molecule has 7 heteroatoms. The van der Waals surface area contributed by atoms with Crippen molar-refractivity contribution >= 4 is 17.6 Å². The smallest absolute Gasteiger partial charge is 0.362 e. The van der Waals surface area contributed by atoms with Crippen molar-refractivity contribution in [1.82, 2.24) is 9.78 Å². The van der Waals surface area contributed by atoms with Crippen LogP contribution in [0.25, 0.3) is 5.69 Å². The number of carbonyl (C=O) groups is 1. The predicted octanol–water partition coefficient (Wildman–Crippen LogP) is 1.99. The van der Waals surface area contributed by atoms with Crippen molar-refractivity contribution in [1.29, 1.82) is 0 Å². The van der Waals surface area contributed by atoms with Crippen LogP contribution in [0.15, 0.2) is 29.2 Å². The van der Waals surface area contributed by atoms with Crippen LogP contribution in [0, 0.1) is 6.92 Å². The van der Waals surface area contributed by atoms with Crippen molar-refractivity contribution in [3.05, 3.63) is 50.9 Å². The molecule has 2 rings (SSSR count). The first-order chi connectivity index (χ1) is 9.97. The van der Waals surface area contributed by atoms with E-state index < -0.39 is 11.4 Å². The second-order valence-corrected chi connectivity index (χ2v) is 4.65. The molecule has 0 spiro atoms. The number of carbonyl (C=O) groups excluding carboxylic acids is 1. The summed E-state index contributed by atoms with van der Waals surface area (Å²) in [6, 6.07) is 4.99. The number of benzene rings is 1. The highest BCUT2D eigenvalue weighted by Crippen LogP contribution is 2.24. The van der Waals surface area contributed by atoms with Crippen LogP contribution in [0.3, 0.4) is 0 Å². The third-order valence-electron chi connectivity index (χ3n) is 2.88. The molecule has 0 saturated carbocycles. The Kier molecular flexibility index (Phi) is 4.28. The Morgan fingerprint density at radius 2 is 2.05 bits per heavy atom. The van der Waals surface area contributed by atoms with Gasteiger partial charge in [0, 0.05) is 17.8 Å². The van der Waals surface area contributed by atoms with E-state index in [1.54, 1.807) is 25.1 Å². The van der Waals surface area contributed by atoms with E-state index in [9.17, 15) is 9.59 Å². The molecule has 2 aromatic rings. The molecule has 0 bridgehead atoms. The van der Waals surface area contributed by atoms with Crippen molar-refractivity contribution in [2.45, 2.75) is 6.92 Å². The highest BCUT2D eigenvalue weighted by molar-refractivity contribution is 6.32. The molecule has 0 unspecified atom stereocenters. The fourth-order valence-corrected chi connectivity index (χ4v) is 1.96. The van der Waals surface area contributed by atoms with E-state index in [-0.39, 0.29) is 5.69 Å². The second kappa shape index (κ2) is 5.97. The van der Waals surface area contributed by atoms with Gasteiger partial charge in [-0.2, -0.15) is 5.10 Å². The summed E-state index contributed by atoms with van der Waals surface area (Å²) in [5, 5.41) is 4.40. The number of hydrogen-bond donors (Lipinski definition) is 0. The molecular weight excluding hydrogens is 296 g/mol. The maximum atomic E-state index is 11.9. The van der Waals surface area contributed by atoms with Crippen LogP contribution in [-0.4, -0.2) is 30.0 Å². The molecule has 110 valence electrons. The van der Waals surface area contributed by atoms with E-state index in [0.717, 1.165) is 0 Å². The number of esters is 1. The minimum atomic E-state index is -0.795. The van der Waals surface area contributed by atoms with Gasteiger partial charge in [-0.1, -0.05) is 11.6 Å². The van der Waals surface area contributed by atoms with Crippen molar-refractivity contribution in [2.24, 2.45) is 0 Å². The molecule has 1 aromatic carbocycles. The number of methoxy groups -OCH3 is 2. The van der Waals surface area contributed by atoms with Crippen LogP contribution in [-0.2, 0) is 4.74 Å². The minimum Gasteiger partial charge on any atom is -0.497 e. The summed E-state index contributed by atoms with van der Waals surface area (Å²) in [6.45, 7) is 1.58. The Balaban J connectivity index is 2.68. The maximum Gasteiger partial charge on any atom is 0.362 e. The Morgan fingerprint density at radius 1 is 1.33 bits per heavy atom. The van der Waals surface area contributed by atoms with Crippen molar-refractivity contribution < 1.29 is 14.3 Å². The summed E-state index contributed by atoms with van der Waals surface area (Å²) in [5.41, 5.74) is 0.0714. The van der Waals surface area contributed by atoms with Gasteiger partial charge >= 0.3 is 5.97 Å². The van der Waals surface area contributed by atoms with Gasteiger partial charge in [0.1, 0.15) is 5.75 Å². The van der Waals surface area contributed by atoms with Crippen LogP contribution in [0.5, 0.6) is 5.75 Å². The average Bonchev–Trinajstić information content (AvgIpc) is 2.49. The lowest BCUT2D eigenvalue weighted by molar-refractivity contribution is 0.0590. The van der Waals surface area contributed by atoms with Crippen LogP contribution in [0.2, 0.25) is 5.02 Å². The van der Waals surface area contributed by atoms with Crippen molar-refractivity contribution in [3.63, 3.8) is 0 Å². The molecule has 0 radical (unpaired) electrons. The summed E-state index contributed by atoms with van der Waals surface area (Å²) < 4.78 is 11.1. The number of ether oxygens (including phenoxy) is 2. The van der Waals surface area contributed by atoms with Gasteiger partial charge in [0.15, 0.2) is 0 Å². The first-order valence-electron chi connectivity index (χ1n) is 6.00. The fraction of sp³-hybridized carbons (Fsp3) is 0.214. The van der Waals surface area contributed by atoms with Crippen LogP contribution in [0.1, 0.15) is 16.1 Å². The molecular formula is C14H13ClN2O4. The molecule has 6 nitrogen and oxygen atoms in total. The van der Waals surface area contributed by atoms with Crippen LogP contribution < -0.4 is 10.2 Å². The lowest BCUT2D eigenvalue weighted by atomic mass is 10.2. The van der Waals surface area contributed by atoms with E-state index in [2.05, 4.69) is 9.84 Å². The molecule has 0 amide bonds. The predicted molar refractivity (Wildman–Crippen MR) is 77.5 cm³/mol. The quantitative estimate of drug-likeness (QED) is 0.811. The average molecular weight is 309 g/mol. The number of hydrogen-bond acceptors (Lipinski definition) is 5. The molecule has 1 heterocycles. The maximum absolute atomic E-state index is 11.9. The largest absolute Gasteiger partial charge is 0.497 e. The molecule has 0 N–H and O–H groups in total. The number of rotatable bonds is 3. The molecule has 1 aromatic heterocycles. The van der Waals surface area contributed by atoms with E-state index >= 15 is 0 Å². The Hall–Kier alpha value is -2.34. The Morgan fingerprint density at radius 3 is 2.67 bits per heavy atom. The van der Waals surface area contributed by atoms with E-state index in [1.165, 1.54) is 25.1 Å². The Bertz CT molecular complexity index is 755. The van der Waals surface area contributed by atoms with E-state index in [0.29, 0.717) is 22.0 Å². The molecule has 0 saturated heterocycles. The number of nitrogens with zero attached hydrogens (tertiary/aromatic N) is 2. The van der Waals surface area contributed by atoms with E-state index in [1.807, 2.05) is 0 Å². The first-order valence-corrected chi connectivity index (χ1v) is 6.38. The number of halogens is 1. The zero-order valence-corrected chi connectivity index (χ0v) is 12.5. The minimum absolute atomic E-state index is 0.295. The third-order valence-corrected chi connectivity index (χ3v) is 3.20. The monoisotopic (exact) mass is 308 g/mol. The summed E-state index contributed by atoms with van der Waals surface area (Å²) in [6.07, 6.45) is 1.50. The van der Waals surface area contributed by atoms with Gasteiger partial charge in [-0.15, -0.1) is 0 Å². The molecule has 0 aliphatic heterocycles. The van der Waals surface area contributed by atoms with Crippen LogP contribution in [0.4, 0.5) is 0 Å². The molecule has 21 heavy (non-hydrogen) atoms. The standard InChI is InChI=1S/C14H13ClN2O4/c1-8-7-17(16-12(13(8)18)14(19)21-3)11-6-9(20-2)4-5-10(11)15/h4-7H,1-3H3. The third kappa shape index (κ3) is 2.90. The number of aromatic nitrogens is 2. The molecule has 0 aliphatic rings. The summed E-state index contributed by atoms with van der Waals surface area (Å²) in [5.74, 6) is -0.219. The van der Waals surface area contributed by atoms with Gasteiger partial charge in [-0.3, -0.25) is 4.79 Å². The highest BCUT2D eigenvalue weighted by atomic mass is 35.5. The normalized spacial score (nSPS) is 10.3. The Labute approximate surface area is 125 Å². The summed E-state index contributed by atoms with van der Waals surface area (Å²) in [7, 11) is 2.71. The number of aryl methyl sites for hydroxylation is 1. The molecule has 0 atom stereocenters. The zero-order valence-electron chi connectivity index (χ0n) is 11.7. The highest BCUT2D eigenvalue weighted by Gasteiger charge is 2.17. The van der Waals surface area contributed by atoms with Crippen molar-refractivity contribution in [2.75, 3.05) is 14.2 Å². The van der Waals surface area contributed by atoms with Crippen LogP contribution >= 0.6 is 11.6 Å². The van der Waals surface area contributed by atoms with Gasteiger partial charge in [-0.25, -0.2) is 9.48 Å². The van der Waals surface area contributed by atoms with E-state index in [4.69, 9.17) is 16.3 Å². The second-order valence-electron chi connectivity index (χ2n) is 4.24. The zero-order chi connectivity index (χ0) is 15.6. The van der Waals surface area contributed by atoms with Gasteiger partial charge in [0.25, 0.3) is 0 Å².